The summed E-state index contributed by atoms with van der Waals surface area (Å²) >= 11 is 0. The quantitative estimate of drug-likeness (QED) is 0.482. The van der Waals surface area contributed by atoms with Gasteiger partial charge in [-0.15, -0.1) is 0 Å². The lowest BCUT2D eigenvalue weighted by Gasteiger charge is -2.44. The van der Waals surface area contributed by atoms with E-state index in [1.54, 1.807) is 12.0 Å². The van der Waals surface area contributed by atoms with Gasteiger partial charge in [0.15, 0.2) is 0 Å². The first-order valence-electron chi connectivity index (χ1n) is 12.4. The number of amides is 1. The van der Waals surface area contributed by atoms with Crippen molar-refractivity contribution in [3.05, 3.63) is 40.1 Å². The van der Waals surface area contributed by atoms with Crippen LogP contribution in [0.5, 0.6) is 0 Å². The van der Waals surface area contributed by atoms with Gasteiger partial charge in [-0.25, -0.2) is 15.1 Å². The summed E-state index contributed by atoms with van der Waals surface area (Å²) in [7, 11) is 0. The highest BCUT2D eigenvalue weighted by Gasteiger charge is 2.38. The van der Waals surface area contributed by atoms with Gasteiger partial charge in [0, 0.05) is 43.6 Å². The van der Waals surface area contributed by atoms with E-state index in [-0.39, 0.29) is 37.6 Å². The first kappa shape index (κ1) is 26.8. The Hall–Kier alpha value is -3.22. The molecule has 2 aliphatic rings. The second-order valence-corrected chi connectivity index (χ2v) is 9.85. The second kappa shape index (κ2) is 11.0. The lowest BCUT2D eigenvalue weighted by Crippen LogP contribution is -2.59. The highest BCUT2D eigenvalue weighted by Crippen LogP contribution is 2.39. The van der Waals surface area contributed by atoms with Crippen LogP contribution in [-0.4, -0.2) is 75.4 Å². The molecule has 0 spiro atoms. The molecule has 1 unspecified atom stereocenters. The molecule has 2 N–H and O–H groups in total. The van der Waals surface area contributed by atoms with E-state index in [1.807, 2.05) is 31.1 Å². The van der Waals surface area contributed by atoms with Crippen LogP contribution >= 0.6 is 0 Å². The summed E-state index contributed by atoms with van der Waals surface area (Å²) in [4.78, 5) is 37.5. The van der Waals surface area contributed by atoms with Crippen LogP contribution < -0.4 is 15.8 Å². The molecule has 1 saturated carbocycles. The van der Waals surface area contributed by atoms with Crippen LogP contribution in [0.1, 0.15) is 57.1 Å². The number of nitrogens with one attached hydrogen (secondary N) is 2. The fourth-order valence-electron chi connectivity index (χ4n) is 4.74. The van der Waals surface area contributed by atoms with Gasteiger partial charge in [0.05, 0.1) is 31.5 Å². The minimum Gasteiger partial charge on any atom is -0.379 e. The summed E-state index contributed by atoms with van der Waals surface area (Å²) in [5, 5.41) is 7.84. The molecular weight excluding hydrogens is 491 g/mol. The molecule has 2 aromatic heterocycles. The molecule has 3 atom stereocenters. The fourth-order valence-corrected chi connectivity index (χ4v) is 4.74. The van der Waals surface area contributed by atoms with Gasteiger partial charge in [-0.3, -0.25) is 9.59 Å². The molecule has 1 aliphatic heterocycles. The lowest BCUT2D eigenvalue weighted by atomic mass is 10.1. The summed E-state index contributed by atoms with van der Waals surface area (Å²) in [6.45, 7) is 6.99. The summed E-state index contributed by atoms with van der Waals surface area (Å²) in [6.07, 6.45) is 2.43. The van der Waals surface area contributed by atoms with Gasteiger partial charge in [-0.05, 0) is 45.1 Å². The van der Waals surface area contributed by atoms with E-state index in [0.29, 0.717) is 25.0 Å². The normalized spacial score (nSPS) is 21.1. The third-order valence-corrected chi connectivity index (χ3v) is 6.57. The number of hydrogen-bond donors (Lipinski definition) is 2. The summed E-state index contributed by atoms with van der Waals surface area (Å²) in [5.41, 5.74) is -1.90. The Bertz CT molecular complexity index is 1130. The Morgan fingerprint density at radius 3 is 2.43 bits per heavy atom. The third-order valence-electron chi connectivity index (χ3n) is 6.57. The monoisotopic (exact) mass is 523 g/mol. The predicted molar refractivity (Wildman–Crippen MR) is 130 cm³/mol. The summed E-state index contributed by atoms with van der Waals surface area (Å²) in [5.74, 6) is 1.21. The zero-order valence-electron chi connectivity index (χ0n) is 21.1. The Morgan fingerprint density at radius 1 is 1.19 bits per heavy atom. The van der Waals surface area contributed by atoms with Crippen molar-refractivity contribution in [1.29, 1.82) is 0 Å². The Labute approximate surface area is 212 Å². The van der Waals surface area contributed by atoms with Crippen LogP contribution in [0.2, 0.25) is 0 Å². The molecule has 37 heavy (non-hydrogen) atoms. The molecule has 10 nitrogen and oxygen atoms in total. The second-order valence-electron chi connectivity index (χ2n) is 9.85. The minimum absolute atomic E-state index is 0.0461. The van der Waals surface area contributed by atoms with Crippen molar-refractivity contribution >= 4 is 17.5 Å². The fraction of sp³-hybridized carbons (Fsp3) is 0.625. The predicted octanol–water partition coefficient (Wildman–Crippen LogP) is 2.79. The number of H-pyrrole nitrogens is 1. The van der Waals surface area contributed by atoms with E-state index < -0.39 is 29.0 Å². The smallest absolute Gasteiger partial charge is 0.379 e. The molecule has 1 aliphatic carbocycles. The number of piperazine rings is 1. The Kier molecular flexibility index (Phi) is 8.00. The molecule has 3 heterocycles. The highest BCUT2D eigenvalue weighted by atomic mass is 19.4. The molecule has 202 valence electrons. The molecule has 1 amide bonds. The van der Waals surface area contributed by atoms with Crippen LogP contribution in [0, 0.1) is 0 Å². The number of aromatic nitrogens is 4. The van der Waals surface area contributed by atoms with E-state index in [4.69, 9.17) is 4.74 Å². The van der Waals surface area contributed by atoms with Gasteiger partial charge < -0.3 is 19.9 Å². The third kappa shape index (κ3) is 6.56. The van der Waals surface area contributed by atoms with Crippen LogP contribution in [0.3, 0.4) is 0 Å². The van der Waals surface area contributed by atoms with Gasteiger partial charge in [0.25, 0.3) is 5.56 Å². The minimum atomic E-state index is -4.82. The van der Waals surface area contributed by atoms with Crippen molar-refractivity contribution in [2.75, 3.05) is 36.5 Å². The average Bonchev–Trinajstić information content (AvgIpc) is 3.66. The summed E-state index contributed by atoms with van der Waals surface area (Å²) < 4.78 is 45.1. The van der Waals surface area contributed by atoms with Gasteiger partial charge >= 0.3 is 6.18 Å². The standard InChI is InChI=1S/C24H32F3N7O3/c1-14(31-19-10-30-32-22(36)21(19)24(25,26)27)13-37-7-6-20(35)34-15(2)11-33(12-16(34)3)23-28-8-18(9-29-23)17-4-5-17/h8-10,14-17H,4-7,11-13H2,1-3H3,(H2,31,32,36)/t14?,15-,16+. The largest absolute Gasteiger partial charge is 0.423 e. The first-order valence-corrected chi connectivity index (χ1v) is 12.4. The SMILES string of the molecule is CC(COCCC(=O)N1[C@H](C)CN(c2ncc(C3CC3)cn2)C[C@@H]1C)Nc1cn[nH]c(=O)c1C(F)(F)F. The molecule has 1 saturated heterocycles. The zero-order chi connectivity index (χ0) is 26.7. The van der Waals surface area contributed by atoms with E-state index in [0.717, 1.165) is 6.20 Å². The number of anilines is 2. The molecule has 0 radical (unpaired) electrons. The van der Waals surface area contributed by atoms with Crippen molar-refractivity contribution in [1.82, 2.24) is 25.1 Å². The molecule has 4 rings (SSSR count). The molecule has 0 bridgehead atoms. The van der Waals surface area contributed by atoms with Gasteiger partial charge in [0.2, 0.25) is 11.9 Å². The van der Waals surface area contributed by atoms with Crippen molar-refractivity contribution in [3.63, 3.8) is 0 Å². The van der Waals surface area contributed by atoms with E-state index in [9.17, 15) is 22.8 Å². The molecule has 2 aromatic rings. The topological polar surface area (TPSA) is 116 Å². The van der Waals surface area contributed by atoms with Gasteiger partial charge in [-0.1, -0.05) is 0 Å². The number of carbonyl (C=O) groups is 1. The van der Waals surface area contributed by atoms with Crippen molar-refractivity contribution in [3.8, 4) is 0 Å². The average molecular weight is 524 g/mol. The van der Waals surface area contributed by atoms with Gasteiger partial charge in [-0.2, -0.15) is 18.3 Å². The number of carbonyl (C=O) groups excluding carboxylic acids is 1. The number of ether oxygens (including phenoxy) is 1. The van der Waals surface area contributed by atoms with Crippen molar-refractivity contribution in [2.24, 2.45) is 0 Å². The van der Waals surface area contributed by atoms with Crippen molar-refractivity contribution in [2.45, 2.75) is 70.3 Å². The maximum Gasteiger partial charge on any atom is 0.423 e. The maximum atomic E-state index is 13.2. The van der Waals surface area contributed by atoms with Crippen LogP contribution in [0.4, 0.5) is 24.8 Å². The number of alkyl halides is 3. The van der Waals surface area contributed by atoms with Crippen molar-refractivity contribution < 1.29 is 22.7 Å². The molecule has 2 fully saturated rings. The van der Waals surface area contributed by atoms with E-state index in [2.05, 4.69) is 25.3 Å². The molecular formula is C24H32F3N7O3. The van der Waals surface area contributed by atoms with Crippen LogP contribution in [0.15, 0.2) is 23.4 Å². The highest BCUT2D eigenvalue weighted by molar-refractivity contribution is 5.77. The van der Waals surface area contributed by atoms with Crippen LogP contribution in [0.25, 0.3) is 0 Å². The van der Waals surface area contributed by atoms with E-state index in [1.165, 1.54) is 18.4 Å². The first-order chi connectivity index (χ1) is 17.5. The molecule has 13 heteroatoms. The Morgan fingerprint density at radius 2 is 1.84 bits per heavy atom. The Balaban J connectivity index is 1.23. The number of nitrogens with zero attached hydrogens (tertiary/aromatic N) is 5. The zero-order valence-corrected chi connectivity index (χ0v) is 21.1. The number of halogens is 3. The van der Waals surface area contributed by atoms with Crippen LogP contribution in [-0.2, 0) is 15.7 Å². The maximum absolute atomic E-state index is 13.2. The number of aromatic amines is 1. The number of rotatable bonds is 9. The lowest BCUT2D eigenvalue weighted by molar-refractivity contribution is -0.138. The molecule has 0 aromatic carbocycles. The van der Waals surface area contributed by atoms with Gasteiger partial charge in [0.1, 0.15) is 5.56 Å². The van der Waals surface area contributed by atoms with E-state index >= 15 is 0 Å². The summed E-state index contributed by atoms with van der Waals surface area (Å²) in [6, 6.07) is -0.645. The number of hydrogen-bond acceptors (Lipinski definition) is 8.